The maximum atomic E-state index is 12.5. The van der Waals surface area contributed by atoms with E-state index in [-0.39, 0.29) is 5.92 Å². The van der Waals surface area contributed by atoms with Gasteiger partial charge in [0.25, 0.3) is 0 Å². The van der Waals surface area contributed by atoms with E-state index < -0.39 is 17.4 Å². The molecule has 0 aliphatic rings. The SMILES string of the molecule is CCC(CC)(C(=O)OCCCc1ccccc1)C(=O)OCC(C)C. The highest BCUT2D eigenvalue weighted by molar-refractivity contribution is 5.99. The minimum Gasteiger partial charge on any atom is -0.465 e. The third kappa shape index (κ3) is 5.66. The van der Waals surface area contributed by atoms with Crippen LogP contribution in [0.4, 0.5) is 0 Å². The van der Waals surface area contributed by atoms with Crippen LogP contribution in [0.15, 0.2) is 30.3 Å². The van der Waals surface area contributed by atoms with Gasteiger partial charge in [0.1, 0.15) is 0 Å². The van der Waals surface area contributed by atoms with Crippen molar-refractivity contribution in [1.29, 1.82) is 0 Å². The number of carbonyl (C=O) groups excluding carboxylic acids is 2. The third-order valence-electron chi connectivity index (χ3n) is 4.22. The Morgan fingerprint density at radius 2 is 1.58 bits per heavy atom. The quantitative estimate of drug-likeness (QED) is 0.366. The molecule has 4 heteroatoms. The Bertz CT molecular complexity index is 504. The molecule has 0 saturated heterocycles. The van der Waals surface area contributed by atoms with E-state index in [2.05, 4.69) is 0 Å². The van der Waals surface area contributed by atoms with Gasteiger partial charge in [-0.3, -0.25) is 9.59 Å². The van der Waals surface area contributed by atoms with Gasteiger partial charge < -0.3 is 9.47 Å². The fraction of sp³-hybridized carbons (Fsp3) is 0.600. The fourth-order valence-corrected chi connectivity index (χ4v) is 2.52. The zero-order valence-electron chi connectivity index (χ0n) is 15.3. The Morgan fingerprint density at radius 1 is 1.00 bits per heavy atom. The smallest absolute Gasteiger partial charge is 0.323 e. The van der Waals surface area contributed by atoms with Crippen LogP contribution in [-0.2, 0) is 25.5 Å². The first-order valence-electron chi connectivity index (χ1n) is 8.84. The van der Waals surface area contributed by atoms with E-state index in [1.807, 2.05) is 58.0 Å². The second-order valence-electron chi connectivity index (χ2n) is 6.51. The molecule has 24 heavy (non-hydrogen) atoms. The van der Waals surface area contributed by atoms with Crippen LogP contribution in [0.5, 0.6) is 0 Å². The predicted octanol–water partition coefficient (Wildman–Crippen LogP) is 4.17. The van der Waals surface area contributed by atoms with Gasteiger partial charge in [-0.2, -0.15) is 0 Å². The van der Waals surface area contributed by atoms with E-state index in [0.29, 0.717) is 26.1 Å². The number of carbonyl (C=O) groups is 2. The molecule has 0 unspecified atom stereocenters. The zero-order chi connectivity index (χ0) is 18.0. The summed E-state index contributed by atoms with van der Waals surface area (Å²) in [4.78, 5) is 24.9. The summed E-state index contributed by atoms with van der Waals surface area (Å²) in [6.45, 7) is 8.22. The van der Waals surface area contributed by atoms with Crippen molar-refractivity contribution < 1.29 is 19.1 Å². The number of rotatable bonds is 10. The Balaban J connectivity index is 2.54. The van der Waals surface area contributed by atoms with Crippen LogP contribution in [0.1, 0.15) is 52.5 Å². The minimum absolute atomic E-state index is 0.238. The lowest BCUT2D eigenvalue weighted by atomic mass is 9.82. The summed E-state index contributed by atoms with van der Waals surface area (Å²) >= 11 is 0. The molecule has 0 radical (unpaired) electrons. The lowest BCUT2D eigenvalue weighted by Crippen LogP contribution is -2.41. The summed E-state index contributed by atoms with van der Waals surface area (Å²) in [5.74, 6) is -0.689. The summed E-state index contributed by atoms with van der Waals surface area (Å²) < 4.78 is 10.7. The molecule has 134 valence electrons. The van der Waals surface area contributed by atoms with Gasteiger partial charge >= 0.3 is 11.9 Å². The summed E-state index contributed by atoms with van der Waals surface area (Å²) in [6, 6.07) is 10.1. The van der Waals surface area contributed by atoms with E-state index in [1.165, 1.54) is 5.56 Å². The molecule has 0 heterocycles. The van der Waals surface area contributed by atoms with Crippen molar-refractivity contribution in [2.75, 3.05) is 13.2 Å². The molecule has 1 rings (SSSR count). The lowest BCUT2D eigenvalue weighted by Gasteiger charge is -2.27. The van der Waals surface area contributed by atoms with Crippen LogP contribution in [0, 0.1) is 11.3 Å². The van der Waals surface area contributed by atoms with Gasteiger partial charge in [-0.05, 0) is 37.2 Å². The number of ether oxygens (including phenoxy) is 2. The first-order valence-corrected chi connectivity index (χ1v) is 8.84. The Morgan fingerprint density at radius 3 is 2.12 bits per heavy atom. The van der Waals surface area contributed by atoms with Crippen molar-refractivity contribution in [3.05, 3.63) is 35.9 Å². The van der Waals surface area contributed by atoms with Crippen molar-refractivity contribution in [3.8, 4) is 0 Å². The summed E-state index contributed by atoms with van der Waals surface area (Å²) in [6.07, 6.45) is 2.35. The highest BCUT2D eigenvalue weighted by Gasteiger charge is 2.45. The number of benzene rings is 1. The van der Waals surface area contributed by atoms with Crippen LogP contribution in [-0.4, -0.2) is 25.2 Å². The molecular formula is C20H30O4. The van der Waals surface area contributed by atoms with E-state index in [1.54, 1.807) is 0 Å². The maximum absolute atomic E-state index is 12.5. The molecule has 0 bridgehead atoms. The van der Waals surface area contributed by atoms with Crippen LogP contribution < -0.4 is 0 Å². The standard InChI is InChI=1S/C20H30O4/c1-5-20(6-2,19(22)24-15-16(3)4)18(21)23-14-10-13-17-11-8-7-9-12-17/h7-9,11-12,16H,5-6,10,13-15H2,1-4H3. The first-order chi connectivity index (χ1) is 11.5. The van der Waals surface area contributed by atoms with Gasteiger partial charge in [0.05, 0.1) is 13.2 Å². The fourth-order valence-electron chi connectivity index (χ4n) is 2.52. The summed E-state index contributed by atoms with van der Waals surface area (Å²) in [5, 5.41) is 0. The van der Waals surface area contributed by atoms with Gasteiger partial charge in [-0.15, -0.1) is 0 Å². The molecule has 4 nitrogen and oxygen atoms in total. The summed E-state index contributed by atoms with van der Waals surface area (Å²) in [5.41, 5.74) is 0.0314. The summed E-state index contributed by atoms with van der Waals surface area (Å²) in [7, 11) is 0. The number of hydrogen-bond donors (Lipinski definition) is 0. The third-order valence-corrected chi connectivity index (χ3v) is 4.22. The van der Waals surface area contributed by atoms with E-state index in [4.69, 9.17) is 9.47 Å². The molecule has 1 aromatic rings. The Hall–Kier alpha value is -1.84. The Kier molecular flexibility index (Phi) is 8.51. The predicted molar refractivity (Wildman–Crippen MR) is 94.5 cm³/mol. The molecule has 1 aromatic carbocycles. The molecule has 0 saturated carbocycles. The van der Waals surface area contributed by atoms with E-state index in [0.717, 1.165) is 12.8 Å². The van der Waals surface area contributed by atoms with Crippen LogP contribution in [0.3, 0.4) is 0 Å². The second-order valence-corrected chi connectivity index (χ2v) is 6.51. The van der Waals surface area contributed by atoms with Gasteiger partial charge in [-0.1, -0.05) is 58.0 Å². The maximum Gasteiger partial charge on any atom is 0.323 e. The highest BCUT2D eigenvalue weighted by atomic mass is 16.6. The van der Waals surface area contributed by atoms with E-state index >= 15 is 0 Å². The van der Waals surface area contributed by atoms with Crippen LogP contribution in [0.2, 0.25) is 0 Å². The molecule has 0 spiro atoms. The molecule has 0 aromatic heterocycles. The largest absolute Gasteiger partial charge is 0.465 e. The minimum atomic E-state index is -1.18. The van der Waals surface area contributed by atoms with Gasteiger partial charge in [0.15, 0.2) is 5.41 Å². The molecule has 0 fully saturated rings. The lowest BCUT2D eigenvalue weighted by molar-refractivity contribution is -0.174. The average molecular weight is 334 g/mol. The van der Waals surface area contributed by atoms with E-state index in [9.17, 15) is 9.59 Å². The molecule has 0 aliphatic heterocycles. The van der Waals surface area contributed by atoms with Gasteiger partial charge in [0.2, 0.25) is 0 Å². The first kappa shape index (κ1) is 20.2. The van der Waals surface area contributed by atoms with Gasteiger partial charge in [-0.25, -0.2) is 0 Å². The molecule has 0 amide bonds. The van der Waals surface area contributed by atoms with Crippen LogP contribution >= 0.6 is 0 Å². The van der Waals surface area contributed by atoms with Crippen LogP contribution in [0.25, 0.3) is 0 Å². The van der Waals surface area contributed by atoms with Crippen molar-refractivity contribution in [2.24, 2.45) is 11.3 Å². The second kappa shape index (κ2) is 10.1. The highest BCUT2D eigenvalue weighted by Crippen LogP contribution is 2.30. The Labute approximate surface area is 145 Å². The number of aryl methyl sites for hydroxylation is 1. The van der Waals surface area contributed by atoms with Crippen molar-refractivity contribution >= 4 is 11.9 Å². The monoisotopic (exact) mass is 334 g/mol. The molecule has 0 N–H and O–H groups in total. The number of hydrogen-bond acceptors (Lipinski definition) is 4. The molecule has 0 atom stereocenters. The van der Waals surface area contributed by atoms with Crippen molar-refractivity contribution in [3.63, 3.8) is 0 Å². The zero-order valence-corrected chi connectivity index (χ0v) is 15.3. The topological polar surface area (TPSA) is 52.6 Å². The van der Waals surface area contributed by atoms with Crippen molar-refractivity contribution in [1.82, 2.24) is 0 Å². The molecular weight excluding hydrogens is 304 g/mol. The van der Waals surface area contributed by atoms with Crippen molar-refractivity contribution in [2.45, 2.75) is 53.4 Å². The number of esters is 2. The van der Waals surface area contributed by atoms with Gasteiger partial charge in [0, 0.05) is 0 Å². The average Bonchev–Trinajstić information content (AvgIpc) is 2.59. The normalized spacial score (nSPS) is 11.4. The molecule has 0 aliphatic carbocycles.